The van der Waals surface area contributed by atoms with Crippen molar-refractivity contribution < 1.29 is 13.5 Å². The molecule has 0 radical (unpaired) electrons. The first-order valence-corrected chi connectivity index (χ1v) is 5.52. The van der Waals surface area contributed by atoms with Crippen molar-refractivity contribution in [3.8, 4) is 0 Å². The van der Waals surface area contributed by atoms with E-state index in [9.17, 15) is 8.78 Å². The number of nitrogens with one attached hydrogen (secondary N) is 1. The summed E-state index contributed by atoms with van der Waals surface area (Å²) in [5, 5.41) is 3.20. The molecule has 1 aromatic carbocycles. The quantitative estimate of drug-likeness (QED) is 0.855. The first-order valence-electron chi connectivity index (χ1n) is 5.52. The van der Waals surface area contributed by atoms with Crippen LogP contribution < -0.4 is 5.32 Å². The van der Waals surface area contributed by atoms with E-state index in [1.165, 1.54) is 6.07 Å². The lowest BCUT2D eigenvalue weighted by atomic mass is 10.1. The van der Waals surface area contributed by atoms with Gasteiger partial charge in [0, 0.05) is 12.1 Å². The van der Waals surface area contributed by atoms with Gasteiger partial charge in [0.1, 0.15) is 11.6 Å². The fraction of sp³-hybridized carbons (Fsp3) is 0.500. The molecule has 0 aromatic heterocycles. The number of piperidine rings is 1. The minimum Gasteiger partial charge on any atom is -0.372 e. The van der Waals surface area contributed by atoms with Crippen LogP contribution in [-0.4, -0.2) is 19.2 Å². The molecule has 1 heterocycles. The molecule has 1 atom stereocenters. The molecule has 0 spiro atoms. The van der Waals surface area contributed by atoms with E-state index in [1.807, 2.05) is 0 Å². The van der Waals surface area contributed by atoms with Crippen LogP contribution in [0.2, 0.25) is 0 Å². The van der Waals surface area contributed by atoms with Crippen molar-refractivity contribution in [3.63, 3.8) is 0 Å². The van der Waals surface area contributed by atoms with Gasteiger partial charge in [-0.1, -0.05) is 0 Å². The smallest absolute Gasteiger partial charge is 0.128 e. The van der Waals surface area contributed by atoms with Crippen LogP contribution in [0.4, 0.5) is 8.78 Å². The molecule has 0 bridgehead atoms. The molecule has 88 valence electrons. The maximum atomic E-state index is 13.3. The summed E-state index contributed by atoms with van der Waals surface area (Å²) in [6.45, 7) is 1.93. The summed E-state index contributed by atoms with van der Waals surface area (Å²) in [4.78, 5) is 0. The first kappa shape index (κ1) is 11.5. The first-order chi connectivity index (χ1) is 7.75. The van der Waals surface area contributed by atoms with Crippen molar-refractivity contribution in [1.29, 1.82) is 0 Å². The van der Waals surface area contributed by atoms with Crippen molar-refractivity contribution in [1.82, 2.24) is 5.32 Å². The minimum absolute atomic E-state index is 0.108. The van der Waals surface area contributed by atoms with E-state index in [0.717, 1.165) is 38.1 Å². The summed E-state index contributed by atoms with van der Waals surface area (Å²) in [6, 6.07) is 3.43. The summed E-state index contributed by atoms with van der Waals surface area (Å²) in [5.41, 5.74) is 0.283. The Balaban J connectivity index is 1.90. The fourth-order valence-electron chi connectivity index (χ4n) is 1.82. The van der Waals surface area contributed by atoms with Gasteiger partial charge in [-0.05, 0) is 37.6 Å². The van der Waals surface area contributed by atoms with Crippen molar-refractivity contribution >= 4 is 0 Å². The zero-order valence-corrected chi connectivity index (χ0v) is 9.01. The Kier molecular flexibility index (Phi) is 3.85. The molecule has 1 N–H and O–H groups in total. The van der Waals surface area contributed by atoms with Gasteiger partial charge < -0.3 is 10.1 Å². The summed E-state index contributed by atoms with van der Waals surface area (Å²) < 4.78 is 31.7. The third-order valence-corrected chi connectivity index (χ3v) is 2.73. The zero-order chi connectivity index (χ0) is 11.4. The maximum Gasteiger partial charge on any atom is 0.128 e. The summed E-state index contributed by atoms with van der Waals surface area (Å²) >= 11 is 0. The number of hydrogen-bond acceptors (Lipinski definition) is 2. The van der Waals surface area contributed by atoms with E-state index < -0.39 is 11.6 Å². The second-order valence-corrected chi connectivity index (χ2v) is 4.02. The SMILES string of the molecule is Fc1ccc(F)c(CO[C@H]2CCCNC2)c1. The highest BCUT2D eigenvalue weighted by Gasteiger charge is 2.14. The van der Waals surface area contributed by atoms with Crippen molar-refractivity contribution in [3.05, 3.63) is 35.4 Å². The van der Waals surface area contributed by atoms with Crippen molar-refractivity contribution in [2.24, 2.45) is 0 Å². The second-order valence-electron chi connectivity index (χ2n) is 4.02. The van der Waals surface area contributed by atoms with Gasteiger partial charge >= 0.3 is 0 Å². The number of hydrogen-bond donors (Lipinski definition) is 1. The lowest BCUT2D eigenvalue weighted by molar-refractivity contribution is 0.0238. The molecule has 1 saturated heterocycles. The van der Waals surface area contributed by atoms with E-state index in [1.54, 1.807) is 0 Å². The molecule has 1 aliphatic rings. The molecule has 0 amide bonds. The van der Waals surface area contributed by atoms with Crippen LogP contribution in [0, 0.1) is 11.6 Å². The maximum absolute atomic E-state index is 13.3. The fourth-order valence-corrected chi connectivity index (χ4v) is 1.82. The van der Waals surface area contributed by atoms with Gasteiger partial charge in [-0.25, -0.2) is 8.78 Å². The molecule has 1 aromatic rings. The Morgan fingerprint density at radius 3 is 3.00 bits per heavy atom. The molecule has 16 heavy (non-hydrogen) atoms. The molecule has 1 aliphatic heterocycles. The lowest BCUT2D eigenvalue weighted by Gasteiger charge is -2.23. The third kappa shape index (κ3) is 3.00. The van der Waals surface area contributed by atoms with Gasteiger partial charge in [0.15, 0.2) is 0 Å². The molecule has 0 saturated carbocycles. The van der Waals surface area contributed by atoms with Gasteiger partial charge in [0.25, 0.3) is 0 Å². The minimum atomic E-state index is -0.429. The Morgan fingerprint density at radius 2 is 2.25 bits per heavy atom. The predicted molar refractivity (Wildman–Crippen MR) is 57.0 cm³/mol. The third-order valence-electron chi connectivity index (χ3n) is 2.73. The van der Waals surface area contributed by atoms with Gasteiger partial charge in [-0.2, -0.15) is 0 Å². The molecule has 2 nitrogen and oxygen atoms in total. The van der Waals surface area contributed by atoms with Crippen molar-refractivity contribution in [2.75, 3.05) is 13.1 Å². The van der Waals surface area contributed by atoms with Gasteiger partial charge in [-0.15, -0.1) is 0 Å². The normalized spacial score (nSPS) is 21.0. The summed E-state index contributed by atoms with van der Waals surface area (Å²) in [7, 11) is 0. The molecule has 1 fully saturated rings. The lowest BCUT2D eigenvalue weighted by Crippen LogP contribution is -2.35. The Labute approximate surface area is 93.6 Å². The average Bonchev–Trinajstić information content (AvgIpc) is 2.32. The van der Waals surface area contributed by atoms with Crippen LogP contribution in [-0.2, 0) is 11.3 Å². The highest BCUT2D eigenvalue weighted by atomic mass is 19.1. The predicted octanol–water partition coefficient (Wildman–Crippen LogP) is 2.23. The van der Waals surface area contributed by atoms with Crippen LogP contribution in [0.3, 0.4) is 0 Å². The number of rotatable bonds is 3. The van der Waals surface area contributed by atoms with Crippen LogP contribution in [0.15, 0.2) is 18.2 Å². The highest BCUT2D eigenvalue weighted by molar-refractivity contribution is 5.17. The summed E-state index contributed by atoms with van der Waals surface area (Å²) in [6.07, 6.45) is 2.15. The average molecular weight is 227 g/mol. The van der Waals surface area contributed by atoms with E-state index in [-0.39, 0.29) is 18.3 Å². The van der Waals surface area contributed by atoms with Crippen LogP contribution >= 0.6 is 0 Å². The van der Waals surface area contributed by atoms with E-state index >= 15 is 0 Å². The summed E-state index contributed by atoms with van der Waals surface area (Å²) in [5.74, 6) is -0.841. The van der Waals surface area contributed by atoms with Crippen LogP contribution in [0.1, 0.15) is 18.4 Å². The monoisotopic (exact) mass is 227 g/mol. The molecule has 2 rings (SSSR count). The number of halogens is 2. The Hall–Kier alpha value is -1.00. The second kappa shape index (κ2) is 5.37. The van der Waals surface area contributed by atoms with Crippen LogP contribution in [0.5, 0.6) is 0 Å². The highest BCUT2D eigenvalue weighted by Crippen LogP contribution is 2.14. The zero-order valence-electron chi connectivity index (χ0n) is 9.01. The number of benzene rings is 1. The molecule has 0 aliphatic carbocycles. The van der Waals surface area contributed by atoms with E-state index in [2.05, 4.69) is 5.32 Å². The van der Waals surface area contributed by atoms with E-state index in [4.69, 9.17) is 4.74 Å². The molecule has 0 unspecified atom stereocenters. The topological polar surface area (TPSA) is 21.3 Å². The van der Waals surface area contributed by atoms with E-state index in [0.29, 0.717) is 0 Å². The largest absolute Gasteiger partial charge is 0.372 e. The molecule has 4 heteroatoms. The Morgan fingerprint density at radius 1 is 1.38 bits per heavy atom. The van der Waals surface area contributed by atoms with Gasteiger partial charge in [0.2, 0.25) is 0 Å². The molecular weight excluding hydrogens is 212 g/mol. The van der Waals surface area contributed by atoms with Gasteiger partial charge in [-0.3, -0.25) is 0 Å². The number of ether oxygens (including phenoxy) is 1. The van der Waals surface area contributed by atoms with Gasteiger partial charge in [0.05, 0.1) is 12.7 Å². The van der Waals surface area contributed by atoms with Crippen LogP contribution in [0.25, 0.3) is 0 Å². The Bertz CT molecular complexity index is 351. The van der Waals surface area contributed by atoms with Crippen molar-refractivity contribution in [2.45, 2.75) is 25.6 Å². The standard InChI is InChI=1S/C12H15F2NO/c13-10-3-4-12(14)9(6-10)8-16-11-2-1-5-15-7-11/h3-4,6,11,15H,1-2,5,7-8H2/t11-/m0/s1. The molecular formula is C12H15F2NO.